The Labute approximate surface area is 219 Å². The fourth-order valence-corrected chi connectivity index (χ4v) is 4.31. The first-order valence-corrected chi connectivity index (χ1v) is 12.1. The quantitative estimate of drug-likeness (QED) is 0.329. The van der Waals surface area contributed by atoms with Crippen LogP contribution in [0.2, 0.25) is 0 Å². The summed E-state index contributed by atoms with van der Waals surface area (Å²) in [5.74, 6) is 0.0912. The van der Waals surface area contributed by atoms with Gasteiger partial charge in [0, 0.05) is 42.5 Å². The Hall–Kier alpha value is -4.70. The SMILES string of the molecule is Cc1cc(-c2nc3cccnn3c2-c2ccnc(NC(=O)NCC(c3cccnc3)N(C)C)c2)ccc1F. The molecule has 1 unspecified atom stereocenters. The maximum absolute atomic E-state index is 14.0. The molecule has 10 heteroatoms. The molecule has 2 amide bonds. The maximum Gasteiger partial charge on any atom is 0.320 e. The third kappa shape index (κ3) is 5.21. The second-order valence-corrected chi connectivity index (χ2v) is 9.10. The van der Waals surface area contributed by atoms with Crippen LogP contribution in [0.15, 0.2) is 79.4 Å². The fourth-order valence-electron chi connectivity index (χ4n) is 4.31. The number of carbonyl (C=O) groups excluding carboxylic acids is 1. The lowest BCUT2D eigenvalue weighted by Crippen LogP contribution is -2.37. The van der Waals surface area contributed by atoms with Gasteiger partial charge in [-0.25, -0.2) is 23.7 Å². The standard InChI is InChI=1S/C28H27FN8O/c1-18-14-19(8-9-22(18)29)26-27(37-25(35-26)7-5-12-33-37)20-10-13-31-24(15-20)34-28(38)32-17-23(36(2)3)21-6-4-11-30-16-21/h4-16,23H,17H2,1-3H3,(H2,31,32,34,38). The number of halogens is 1. The third-order valence-corrected chi connectivity index (χ3v) is 6.25. The number of benzene rings is 1. The molecule has 4 heterocycles. The van der Waals surface area contributed by atoms with Gasteiger partial charge in [-0.05, 0) is 80.7 Å². The van der Waals surface area contributed by atoms with E-state index in [4.69, 9.17) is 4.98 Å². The van der Waals surface area contributed by atoms with Crippen LogP contribution in [0.5, 0.6) is 0 Å². The Morgan fingerprint density at radius 1 is 1.05 bits per heavy atom. The largest absolute Gasteiger partial charge is 0.336 e. The van der Waals surface area contributed by atoms with Gasteiger partial charge >= 0.3 is 6.03 Å². The van der Waals surface area contributed by atoms with Gasteiger partial charge in [-0.3, -0.25) is 10.3 Å². The summed E-state index contributed by atoms with van der Waals surface area (Å²) in [4.78, 5) is 28.1. The van der Waals surface area contributed by atoms with Crippen LogP contribution in [0.3, 0.4) is 0 Å². The number of aromatic nitrogens is 5. The van der Waals surface area contributed by atoms with E-state index >= 15 is 0 Å². The van der Waals surface area contributed by atoms with E-state index in [-0.39, 0.29) is 17.9 Å². The van der Waals surface area contributed by atoms with Gasteiger partial charge in [0.1, 0.15) is 17.3 Å². The van der Waals surface area contributed by atoms with Crippen LogP contribution >= 0.6 is 0 Å². The summed E-state index contributed by atoms with van der Waals surface area (Å²) in [6, 6.07) is 15.6. The fraction of sp³-hybridized carbons (Fsp3) is 0.179. The number of imidazole rings is 1. The van der Waals surface area contributed by atoms with E-state index in [0.29, 0.717) is 35.0 Å². The highest BCUT2D eigenvalue weighted by Gasteiger charge is 2.19. The number of amides is 2. The van der Waals surface area contributed by atoms with E-state index in [2.05, 4.69) is 25.7 Å². The first kappa shape index (κ1) is 25.0. The van der Waals surface area contributed by atoms with E-state index in [1.807, 2.05) is 49.3 Å². The molecule has 1 aromatic carbocycles. The van der Waals surface area contributed by atoms with E-state index in [9.17, 15) is 9.18 Å². The molecule has 0 bridgehead atoms. The minimum Gasteiger partial charge on any atom is -0.336 e. The summed E-state index contributed by atoms with van der Waals surface area (Å²) in [7, 11) is 3.90. The van der Waals surface area contributed by atoms with Crippen LogP contribution in [-0.4, -0.2) is 56.1 Å². The summed E-state index contributed by atoms with van der Waals surface area (Å²) in [5.41, 5.74) is 5.05. The Kier molecular flexibility index (Phi) is 7.05. The zero-order chi connectivity index (χ0) is 26.6. The van der Waals surface area contributed by atoms with Gasteiger partial charge in [-0.15, -0.1) is 0 Å². The van der Waals surface area contributed by atoms with E-state index in [1.54, 1.807) is 54.4 Å². The van der Waals surface area contributed by atoms with Crippen LogP contribution in [0.25, 0.3) is 28.2 Å². The zero-order valence-electron chi connectivity index (χ0n) is 21.3. The monoisotopic (exact) mass is 510 g/mol. The number of hydrogen-bond acceptors (Lipinski definition) is 6. The molecule has 0 radical (unpaired) electrons. The molecule has 0 aliphatic rings. The van der Waals surface area contributed by atoms with Crippen molar-refractivity contribution in [3.63, 3.8) is 0 Å². The predicted octanol–water partition coefficient (Wildman–Crippen LogP) is 4.73. The van der Waals surface area contributed by atoms with Gasteiger partial charge in [0.05, 0.1) is 11.7 Å². The Morgan fingerprint density at radius 2 is 1.89 bits per heavy atom. The second kappa shape index (κ2) is 10.7. The van der Waals surface area contributed by atoms with Crippen molar-refractivity contribution >= 4 is 17.5 Å². The molecule has 9 nitrogen and oxygen atoms in total. The van der Waals surface area contributed by atoms with Crippen LogP contribution in [0.4, 0.5) is 15.0 Å². The van der Waals surface area contributed by atoms with Crippen molar-refractivity contribution < 1.29 is 9.18 Å². The van der Waals surface area contributed by atoms with E-state index in [1.165, 1.54) is 6.07 Å². The average molecular weight is 511 g/mol. The molecular formula is C28H27FN8O. The highest BCUT2D eigenvalue weighted by molar-refractivity contribution is 5.90. The van der Waals surface area contributed by atoms with Crippen LogP contribution in [0.1, 0.15) is 17.2 Å². The van der Waals surface area contributed by atoms with Gasteiger partial charge in [0.25, 0.3) is 0 Å². The maximum atomic E-state index is 14.0. The van der Waals surface area contributed by atoms with Crippen LogP contribution in [0, 0.1) is 12.7 Å². The summed E-state index contributed by atoms with van der Waals surface area (Å²) in [6.07, 6.45) is 6.80. The van der Waals surface area contributed by atoms with Crippen LogP contribution in [-0.2, 0) is 0 Å². The van der Waals surface area contributed by atoms with Crippen molar-refractivity contribution in [1.82, 2.24) is 34.8 Å². The lowest BCUT2D eigenvalue weighted by atomic mass is 10.0. The number of fused-ring (bicyclic) bond motifs is 1. The Bertz CT molecular complexity index is 1580. The molecule has 4 aromatic heterocycles. The van der Waals surface area contributed by atoms with Crippen LogP contribution < -0.4 is 10.6 Å². The Balaban J connectivity index is 1.41. The summed E-state index contributed by atoms with van der Waals surface area (Å²) < 4.78 is 15.7. The highest BCUT2D eigenvalue weighted by Crippen LogP contribution is 2.33. The number of carbonyl (C=O) groups is 1. The number of nitrogens with one attached hydrogen (secondary N) is 2. The summed E-state index contributed by atoms with van der Waals surface area (Å²) in [6.45, 7) is 2.10. The van der Waals surface area contributed by atoms with Gasteiger partial charge in [0.2, 0.25) is 0 Å². The first-order valence-electron chi connectivity index (χ1n) is 12.1. The minimum atomic E-state index is -0.379. The molecule has 192 valence electrons. The number of rotatable bonds is 7. The number of hydrogen-bond donors (Lipinski definition) is 2. The smallest absolute Gasteiger partial charge is 0.320 e. The second-order valence-electron chi connectivity index (χ2n) is 9.10. The molecule has 5 aromatic rings. The molecule has 0 fully saturated rings. The predicted molar refractivity (Wildman–Crippen MR) is 144 cm³/mol. The molecular weight excluding hydrogens is 483 g/mol. The van der Waals surface area contributed by atoms with Crippen molar-refractivity contribution in [3.8, 4) is 22.5 Å². The minimum absolute atomic E-state index is 0.0419. The number of urea groups is 1. The molecule has 38 heavy (non-hydrogen) atoms. The third-order valence-electron chi connectivity index (χ3n) is 6.25. The van der Waals surface area contributed by atoms with Crippen molar-refractivity contribution in [3.05, 3.63) is 96.3 Å². The van der Waals surface area contributed by atoms with Crippen molar-refractivity contribution in [2.24, 2.45) is 0 Å². The molecule has 2 N–H and O–H groups in total. The van der Waals surface area contributed by atoms with Gasteiger partial charge < -0.3 is 10.2 Å². The molecule has 1 atom stereocenters. The van der Waals surface area contributed by atoms with E-state index in [0.717, 1.165) is 16.7 Å². The molecule has 5 rings (SSSR count). The summed E-state index contributed by atoms with van der Waals surface area (Å²) in [5, 5.41) is 10.2. The van der Waals surface area contributed by atoms with Crippen molar-refractivity contribution in [2.75, 3.05) is 26.0 Å². The topological polar surface area (TPSA) is 100 Å². The average Bonchev–Trinajstić information content (AvgIpc) is 3.30. The number of likely N-dealkylation sites (N-methyl/N-ethyl adjacent to an activating group) is 1. The summed E-state index contributed by atoms with van der Waals surface area (Å²) >= 11 is 0. The molecule has 0 saturated heterocycles. The first-order chi connectivity index (χ1) is 18.4. The lowest BCUT2D eigenvalue weighted by Gasteiger charge is -2.24. The molecule has 0 aliphatic carbocycles. The van der Waals surface area contributed by atoms with Gasteiger partial charge in [-0.2, -0.15) is 5.10 Å². The molecule has 0 spiro atoms. The normalized spacial score (nSPS) is 12.0. The molecule has 0 aliphatic heterocycles. The number of pyridine rings is 2. The lowest BCUT2D eigenvalue weighted by molar-refractivity contribution is 0.243. The molecule has 0 saturated carbocycles. The zero-order valence-corrected chi connectivity index (χ0v) is 21.3. The van der Waals surface area contributed by atoms with Gasteiger partial charge in [-0.1, -0.05) is 6.07 Å². The number of nitrogens with zero attached hydrogens (tertiary/aromatic N) is 6. The number of aryl methyl sites for hydroxylation is 1. The number of anilines is 1. The highest BCUT2D eigenvalue weighted by atomic mass is 19.1. The van der Waals surface area contributed by atoms with Crippen molar-refractivity contribution in [1.29, 1.82) is 0 Å². The van der Waals surface area contributed by atoms with Gasteiger partial charge in [0.15, 0.2) is 5.65 Å². The van der Waals surface area contributed by atoms with E-state index < -0.39 is 0 Å². The Morgan fingerprint density at radius 3 is 2.66 bits per heavy atom. The van der Waals surface area contributed by atoms with Crippen molar-refractivity contribution in [2.45, 2.75) is 13.0 Å².